The molecule has 1 aromatic rings. The average Bonchev–Trinajstić information content (AvgIpc) is 2.26. The van der Waals surface area contributed by atoms with Gasteiger partial charge >= 0.3 is 0 Å². The van der Waals surface area contributed by atoms with Gasteiger partial charge in [-0.1, -0.05) is 30.7 Å². The lowest BCUT2D eigenvalue weighted by atomic mass is 9.86. The van der Waals surface area contributed by atoms with E-state index < -0.39 is 10.0 Å². The van der Waals surface area contributed by atoms with Crippen molar-refractivity contribution in [3.63, 3.8) is 0 Å². The van der Waals surface area contributed by atoms with Gasteiger partial charge in [0.15, 0.2) is 0 Å². The highest BCUT2D eigenvalue weighted by molar-refractivity contribution is 7.88. The maximum atomic E-state index is 11.9. The summed E-state index contributed by atoms with van der Waals surface area (Å²) >= 11 is 0. The van der Waals surface area contributed by atoms with Crippen molar-refractivity contribution < 1.29 is 8.42 Å². The molecule has 0 amide bonds. The van der Waals surface area contributed by atoms with E-state index in [-0.39, 0.29) is 5.75 Å². The van der Waals surface area contributed by atoms with Gasteiger partial charge in [0.25, 0.3) is 0 Å². The molecule has 4 nitrogen and oxygen atoms in total. The molecule has 18 heavy (non-hydrogen) atoms. The SMILES string of the molecule is NCc1cccc(CS(=O)(=O)NCC2CCC2)c1. The molecule has 2 rings (SSSR count). The van der Waals surface area contributed by atoms with E-state index in [0.29, 0.717) is 19.0 Å². The molecule has 3 N–H and O–H groups in total. The molecular weight excluding hydrogens is 248 g/mol. The summed E-state index contributed by atoms with van der Waals surface area (Å²) in [5, 5.41) is 0. The van der Waals surface area contributed by atoms with E-state index in [4.69, 9.17) is 5.73 Å². The summed E-state index contributed by atoms with van der Waals surface area (Å²) in [6.07, 6.45) is 3.52. The monoisotopic (exact) mass is 268 g/mol. The first kappa shape index (κ1) is 13.5. The highest BCUT2D eigenvalue weighted by atomic mass is 32.2. The molecule has 0 radical (unpaired) electrons. The summed E-state index contributed by atoms with van der Waals surface area (Å²) in [4.78, 5) is 0. The van der Waals surface area contributed by atoms with Crippen LogP contribution in [0.25, 0.3) is 0 Å². The van der Waals surface area contributed by atoms with Crippen LogP contribution >= 0.6 is 0 Å². The van der Waals surface area contributed by atoms with Crippen LogP contribution in [0.15, 0.2) is 24.3 Å². The Morgan fingerprint density at radius 3 is 2.61 bits per heavy atom. The molecule has 0 aliphatic heterocycles. The van der Waals surface area contributed by atoms with Crippen LogP contribution in [0.3, 0.4) is 0 Å². The van der Waals surface area contributed by atoms with Gasteiger partial charge in [-0.25, -0.2) is 13.1 Å². The van der Waals surface area contributed by atoms with Crippen molar-refractivity contribution in [2.24, 2.45) is 11.7 Å². The maximum Gasteiger partial charge on any atom is 0.215 e. The van der Waals surface area contributed by atoms with E-state index in [1.807, 2.05) is 24.3 Å². The van der Waals surface area contributed by atoms with Gasteiger partial charge in [-0.2, -0.15) is 0 Å². The zero-order valence-electron chi connectivity index (χ0n) is 10.4. The van der Waals surface area contributed by atoms with Crippen LogP contribution in [0, 0.1) is 5.92 Å². The first-order valence-electron chi connectivity index (χ1n) is 6.34. The van der Waals surface area contributed by atoms with Crippen LogP contribution in [0.1, 0.15) is 30.4 Å². The van der Waals surface area contributed by atoms with Gasteiger partial charge in [-0.15, -0.1) is 0 Å². The van der Waals surface area contributed by atoms with Crippen molar-refractivity contribution in [3.05, 3.63) is 35.4 Å². The van der Waals surface area contributed by atoms with Gasteiger partial charge in [0.2, 0.25) is 10.0 Å². The van der Waals surface area contributed by atoms with Gasteiger partial charge in [0.05, 0.1) is 5.75 Å². The molecule has 1 aliphatic rings. The maximum absolute atomic E-state index is 11.9. The molecule has 0 saturated heterocycles. The molecule has 0 heterocycles. The predicted octanol–water partition coefficient (Wildman–Crippen LogP) is 1.36. The van der Waals surface area contributed by atoms with Gasteiger partial charge < -0.3 is 5.73 Å². The molecular formula is C13H20N2O2S. The third kappa shape index (κ3) is 3.80. The highest BCUT2D eigenvalue weighted by Crippen LogP contribution is 2.25. The Hall–Kier alpha value is -0.910. The molecule has 1 aliphatic carbocycles. The summed E-state index contributed by atoms with van der Waals surface area (Å²) in [5.74, 6) is 0.572. The Morgan fingerprint density at radius 2 is 2.00 bits per heavy atom. The fourth-order valence-corrected chi connectivity index (χ4v) is 3.27. The Kier molecular flexibility index (Phi) is 4.37. The molecule has 0 spiro atoms. The lowest BCUT2D eigenvalue weighted by Gasteiger charge is -2.25. The molecule has 0 unspecified atom stereocenters. The highest BCUT2D eigenvalue weighted by Gasteiger charge is 2.20. The van der Waals surface area contributed by atoms with Crippen molar-refractivity contribution in [1.29, 1.82) is 0 Å². The summed E-state index contributed by atoms with van der Waals surface area (Å²) in [7, 11) is -3.22. The molecule has 100 valence electrons. The molecule has 0 bridgehead atoms. The Morgan fingerprint density at radius 1 is 1.28 bits per heavy atom. The first-order chi connectivity index (χ1) is 8.59. The minimum Gasteiger partial charge on any atom is -0.326 e. The van der Waals surface area contributed by atoms with Crippen molar-refractivity contribution in [1.82, 2.24) is 4.72 Å². The van der Waals surface area contributed by atoms with Crippen molar-refractivity contribution in [3.8, 4) is 0 Å². The van der Waals surface area contributed by atoms with E-state index in [1.54, 1.807) is 0 Å². The number of nitrogens with two attached hydrogens (primary N) is 1. The van der Waals surface area contributed by atoms with E-state index in [0.717, 1.165) is 24.0 Å². The van der Waals surface area contributed by atoms with Gasteiger partial charge in [-0.3, -0.25) is 0 Å². The molecule has 1 saturated carbocycles. The number of hydrogen-bond donors (Lipinski definition) is 2. The van der Waals surface area contributed by atoms with Crippen molar-refractivity contribution in [2.75, 3.05) is 6.54 Å². The normalized spacial score (nSPS) is 16.5. The van der Waals surface area contributed by atoms with Gasteiger partial charge in [0, 0.05) is 13.1 Å². The molecule has 0 atom stereocenters. The van der Waals surface area contributed by atoms with Crippen LogP contribution in [0.4, 0.5) is 0 Å². The van der Waals surface area contributed by atoms with Gasteiger partial charge in [-0.05, 0) is 29.9 Å². The number of rotatable bonds is 6. The Labute approximate surface area is 109 Å². The van der Waals surface area contributed by atoms with Crippen LogP contribution in [-0.4, -0.2) is 15.0 Å². The fraction of sp³-hybridized carbons (Fsp3) is 0.538. The third-order valence-corrected chi connectivity index (χ3v) is 4.72. The van der Waals surface area contributed by atoms with Crippen LogP contribution < -0.4 is 10.5 Å². The molecule has 0 aromatic heterocycles. The third-order valence-electron chi connectivity index (χ3n) is 3.40. The zero-order valence-corrected chi connectivity index (χ0v) is 11.2. The number of hydrogen-bond acceptors (Lipinski definition) is 3. The smallest absolute Gasteiger partial charge is 0.215 e. The van der Waals surface area contributed by atoms with E-state index in [9.17, 15) is 8.42 Å². The van der Waals surface area contributed by atoms with E-state index in [1.165, 1.54) is 6.42 Å². The molecule has 5 heteroatoms. The minimum atomic E-state index is -3.22. The fourth-order valence-electron chi connectivity index (χ4n) is 2.06. The second-order valence-corrected chi connectivity index (χ2v) is 6.74. The van der Waals surface area contributed by atoms with E-state index >= 15 is 0 Å². The second-order valence-electron chi connectivity index (χ2n) is 4.93. The lowest BCUT2D eigenvalue weighted by Crippen LogP contribution is -2.33. The van der Waals surface area contributed by atoms with Crippen LogP contribution in [0.5, 0.6) is 0 Å². The van der Waals surface area contributed by atoms with Crippen molar-refractivity contribution in [2.45, 2.75) is 31.6 Å². The minimum absolute atomic E-state index is 0.0353. The standard InChI is InChI=1S/C13H20N2O2S/c14-8-12-5-2-6-13(7-12)10-18(16,17)15-9-11-3-1-4-11/h2,5-7,11,15H,1,3-4,8-10,14H2. The first-order valence-corrected chi connectivity index (χ1v) is 7.99. The predicted molar refractivity (Wildman–Crippen MR) is 72.3 cm³/mol. The number of benzene rings is 1. The Bertz CT molecular complexity index is 495. The summed E-state index contributed by atoms with van der Waals surface area (Å²) < 4.78 is 26.5. The molecule has 1 fully saturated rings. The van der Waals surface area contributed by atoms with Crippen LogP contribution in [0.2, 0.25) is 0 Å². The quantitative estimate of drug-likeness (QED) is 0.818. The zero-order chi connectivity index (χ0) is 13.0. The Balaban J connectivity index is 1.93. The summed E-state index contributed by atoms with van der Waals surface area (Å²) in [5.41, 5.74) is 7.29. The summed E-state index contributed by atoms with van der Waals surface area (Å²) in [6, 6.07) is 7.42. The second kappa shape index (κ2) is 5.82. The molecule has 1 aromatic carbocycles. The number of nitrogens with one attached hydrogen (secondary N) is 1. The lowest BCUT2D eigenvalue weighted by molar-refractivity contribution is 0.316. The van der Waals surface area contributed by atoms with E-state index in [2.05, 4.69) is 4.72 Å². The summed E-state index contributed by atoms with van der Waals surface area (Å²) in [6.45, 7) is 1.02. The van der Waals surface area contributed by atoms with Crippen molar-refractivity contribution >= 4 is 10.0 Å². The van der Waals surface area contributed by atoms with Crippen LogP contribution in [-0.2, 0) is 22.3 Å². The number of sulfonamides is 1. The largest absolute Gasteiger partial charge is 0.326 e. The topological polar surface area (TPSA) is 72.2 Å². The van der Waals surface area contributed by atoms with Gasteiger partial charge in [0.1, 0.15) is 0 Å². The average molecular weight is 268 g/mol.